The third-order valence-electron chi connectivity index (χ3n) is 0.574. The smallest absolute Gasteiger partial charge is 0.177 e. The van der Waals surface area contributed by atoms with Crippen molar-refractivity contribution in [2.75, 3.05) is 0 Å². The van der Waals surface area contributed by atoms with Crippen molar-refractivity contribution < 1.29 is 4.42 Å². The molecule has 0 aliphatic carbocycles. The molecular weight excluding hydrogens is 271 g/mol. The van der Waals surface area contributed by atoms with E-state index in [0.717, 1.165) is 8.24 Å². The van der Waals surface area contributed by atoms with Gasteiger partial charge < -0.3 is 4.42 Å². The van der Waals surface area contributed by atoms with Gasteiger partial charge in [0.15, 0.2) is 3.77 Å². The van der Waals surface area contributed by atoms with Crippen LogP contribution in [-0.4, -0.2) is 0 Å². The second-order valence-electron chi connectivity index (χ2n) is 1.04. The Balaban J connectivity index is 3.12. The van der Waals surface area contributed by atoms with E-state index >= 15 is 0 Å². The van der Waals surface area contributed by atoms with E-state index in [2.05, 4.69) is 38.5 Å². The summed E-state index contributed by atoms with van der Waals surface area (Å²) in [6.07, 6.45) is 1.64. The Morgan fingerprint density at radius 1 is 1.71 bits per heavy atom. The summed E-state index contributed by atoms with van der Waals surface area (Å²) in [4.78, 5) is 0. The molecule has 0 fully saturated rings. The Bertz CT molecular complexity index is 144. The summed E-state index contributed by atoms with van der Waals surface area (Å²) >= 11 is 5.37. The summed E-state index contributed by atoms with van der Waals surface area (Å²) in [6.45, 7) is 0. The van der Waals surface area contributed by atoms with Gasteiger partial charge in [0.2, 0.25) is 0 Å². The van der Waals surface area contributed by atoms with Crippen molar-refractivity contribution in [3.63, 3.8) is 0 Å². The van der Waals surface area contributed by atoms with Gasteiger partial charge in [0.05, 0.1) is 10.7 Å². The Morgan fingerprint density at radius 2 is 2.43 bits per heavy atom. The summed E-state index contributed by atoms with van der Waals surface area (Å²) in [7, 11) is 0. The van der Waals surface area contributed by atoms with Crippen LogP contribution in [0.4, 0.5) is 0 Å². The van der Waals surface area contributed by atoms with Crippen LogP contribution in [-0.2, 0) is 0 Å². The molecule has 0 atom stereocenters. The highest BCUT2D eigenvalue weighted by Crippen LogP contribution is 2.18. The quantitative estimate of drug-likeness (QED) is 0.662. The molecule has 0 N–H and O–H groups in total. The first-order valence-electron chi connectivity index (χ1n) is 1.69. The molecule has 1 aromatic heterocycles. The van der Waals surface area contributed by atoms with Crippen molar-refractivity contribution >= 4 is 38.5 Å². The van der Waals surface area contributed by atoms with Crippen molar-refractivity contribution in [2.24, 2.45) is 0 Å². The SMILES string of the molecule is Brc1ccoc1I. The molecular formula is C4H2BrIO. The first-order chi connectivity index (χ1) is 3.30. The summed E-state index contributed by atoms with van der Waals surface area (Å²) in [5.41, 5.74) is 0. The van der Waals surface area contributed by atoms with Crippen molar-refractivity contribution in [3.8, 4) is 0 Å². The summed E-state index contributed by atoms with van der Waals surface area (Å²) in [6, 6.07) is 1.86. The normalized spacial score (nSPS) is 9.43. The zero-order valence-electron chi connectivity index (χ0n) is 3.32. The largest absolute Gasteiger partial charge is 0.457 e. The van der Waals surface area contributed by atoms with E-state index in [1.54, 1.807) is 6.26 Å². The van der Waals surface area contributed by atoms with Gasteiger partial charge in [0, 0.05) is 22.6 Å². The second-order valence-corrected chi connectivity index (χ2v) is 2.88. The molecule has 0 aliphatic heterocycles. The topological polar surface area (TPSA) is 13.1 Å². The molecule has 1 nitrogen and oxygen atoms in total. The molecule has 3 heteroatoms. The third-order valence-corrected chi connectivity index (χ3v) is 2.77. The lowest BCUT2D eigenvalue weighted by atomic mass is 10.7. The van der Waals surface area contributed by atoms with Gasteiger partial charge in [-0.25, -0.2) is 0 Å². The first kappa shape index (κ1) is 5.62. The van der Waals surface area contributed by atoms with Crippen LogP contribution in [0.25, 0.3) is 0 Å². The van der Waals surface area contributed by atoms with Gasteiger partial charge in [0.25, 0.3) is 0 Å². The highest BCUT2D eigenvalue weighted by atomic mass is 127. The minimum Gasteiger partial charge on any atom is -0.457 e. The van der Waals surface area contributed by atoms with E-state index in [-0.39, 0.29) is 0 Å². The van der Waals surface area contributed by atoms with Crippen molar-refractivity contribution in [2.45, 2.75) is 0 Å². The van der Waals surface area contributed by atoms with Crippen LogP contribution in [0.15, 0.2) is 21.2 Å². The van der Waals surface area contributed by atoms with Crippen LogP contribution in [0.2, 0.25) is 0 Å². The van der Waals surface area contributed by atoms with Crippen LogP contribution in [0.3, 0.4) is 0 Å². The van der Waals surface area contributed by atoms with Gasteiger partial charge >= 0.3 is 0 Å². The average Bonchev–Trinajstić information content (AvgIpc) is 1.91. The molecule has 38 valence electrons. The molecule has 0 saturated carbocycles. The lowest BCUT2D eigenvalue weighted by Crippen LogP contribution is -1.53. The average molecular weight is 273 g/mol. The Morgan fingerprint density at radius 3 is 2.57 bits per heavy atom. The number of hydrogen-bond donors (Lipinski definition) is 0. The van der Waals surface area contributed by atoms with Crippen molar-refractivity contribution in [3.05, 3.63) is 20.6 Å². The lowest BCUT2D eigenvalue weighted by molar-refractivity contribution is 0.536. The van der Waals surface area contributed by atoms with E-state index in [9.17, 15) is 0 Å². The number of hydrogen-bond acceptors (Lipinski definition) is 1. The van der Waals surface area contributed by atoms with Crippen LogP contribution in [0.5, 0.6) is 0 Å². The van der Waals surface area contributed by atoms with E-state index in [1.807, 2.05) is 6.07 Å². The fourth-order valence-corrected chi connectivity index (χ4v) is 0.803. The fourth-order valence-electron chi connectivity index (χ4n) is 0.275. The minimum absolute atomic E-state index is 0.901. The predicted molar refractivity (Wildman–Crippen MR) is 39.1 cm³/mol. The maximum Gasteiger partial charge on any atom is 0.177 e. The van der Waals surface area contributed by atoms with E-state index < -0.39 is 0 Å². The van der Waals surface area contributed by atoms with Crippen molar-refractivity contribution in [1.82, 2.24) is 0 Å². The molecule has 0 bridgehead atoms. The summed E-state index contributed by atoms with van der Waals surface area (Å²) in [5.74, 6) is 0. The minimum atomic E-state index is 0.901. The van der Waals surface area contributed by atoms with Gasteiger partial charge in [-0.05, 0) is 22.0 Å². The van der Waals surface area contributed by atoms with Gasteiger partial charge in [-0.2, -0.15) is 0 Å². The monoisotopic (exact) mass is 272 g/mol. The first-order valence-corrected chi connectivity index (χ1v) is 3.56. The molecule has 0 unspecified atom stereocenters. The molecule has 0 amide bonds. The molecule has 0 spiro atoms. The molecule has 1 rings (SSSR count). The van der Waals surface area contributed by atoms with Gasteiger partial charge in [-0.15, -0.1) is 0 Å². The Hall–Kier alpha value is 0.490. The highest BCUT2D eigenvalue weighted by molar-refractivity contribution is 14.1. The molecule has 0 radical (unpaired) electrons. The third kappa shape index (κ3) is 1.19. The number of halogens is 2. The highest BCUT2D eigenvalue weighted by Gasteiger charge is 1.93. The van der Waals surface area contributed by atoms with Crippen LogP contribution >= 0.6 is 38.5 Å². The number of rotatable bonds is 0. The molecule has 1 heterocycles. The molecule has 0 saturated heterocycles. The maximum atomic E-state index is 4.90. The lowest BCUT2D eigenvalue weighted by Gasteiger charge is -1.74. The fraction of sp³-hybridized carbons (Fsp3) is 0. The Labute approximate surface area is 63.4 Å². The molecule has 7 heavy (non-hydrogen) atoms. The molecule has 0 aromatic carbocycles. The zero-order valence-corrected chi connectivity index (χ0v) is 7.06. The van der Waals surface area contributed by atoms with Crippen LogP contribution < -0.4 is 0 Å². The van der Waals surface area contributed by atoms with Crippen LogP contribution in [0, 0.1) is 3.77 Å². The van der Waals surface area contributed by atoms with E-state index in [4.69, 9.17) is 4.42 Å². The zero-order chi connectivity index (χ0) is 5.28. The number of furan rings is 1. The standard InChI is InChI=1S/C4H2BrIO/c5-3-1-2-7-4(3)6/h1-2H. The van der Waals surface area contributed by atoms with Crippen LogP contribution in [0.1, 0.15) is 0 Å². The molecule has 0 aliphatic rings. The van der Waals surface area contributed by atoms with Gasteiger partial charge in [-0.1, -0.05) is 0 Å². The summed E-state index contributed by atoms with van der Waals surface area (Å²) < 4.78 is 6.83. The second kappa shape index (κ2) is 2.17. The van der Waals surface area contributed by atoms with E-state index in [1.165, 1.54) is 0 Å². The Kier molecular flexibility index (Phi) is 1.74. The summed E-state index contributed by atoms with van der Waals surface area (Å²) in [5, 5.41) is 0. The molecule has 1 aromatic rings. The maximum absolute atomic E-state index is 4.90. The van der Waals surface area contributed by atoms with E-state index in [0.29, 0.717) is 0 Å². The van der Waals surface area contributed by atoms with Gasteiger partial charge in [-0.3, -0.25) is 0 Å². The predicted octanol–water partition coefficient (Wildman–Crippen LogP) is 2.65. The van der Waals surface area contributed by atoms with Crippen molar-refractivity contribution in [1.29, 1.82) is 0 Å². The van der Waals surface area contributed by atoms with Gasteiger partial charge in [0.1, 0.15) is 0 Å².